The first kappa shape index (κ1) is 28.5. The Morgan fingerprint density at radius 2 is 0.870 bits per heavy atom. The lowest BCUT2D eigenvalue weighted by Gasteiger charge is -2.17. The van der Waals surface area contributed by atoms with Crippen LogP contribution >= 0.6 is 0 Å². The van der Waals surface area contributed by atoms with E-state index in [1.807, 2.05) is 12.3 Å². The van der Waals surface area contributed by atoms with Gasteiger partial charge in [-0.1, -0.05) is 140 Å². The lowest BCUT2D eigenvalue weighted by atomic mass is 9.85. The molecule has 0 aliphatic carbocycles. The number of rotatable bonds is 3. The number of aromatic nitrogens is 1. The van der Waals surface area contributed by atoms with Crippen LogP contribution in [0.2, 0.25) is 0 Å². The van der Waals surface area contributed by atoms with Gasteiger partial charge in [-0.2, -0.15) is 0 Å². The fourth-order valence-electron chi connectivity index (χ4n) is 10.2. The summed E-state index contributed by atoms with van der Waals surface area (Å²) < 4.78 is 0. The number of pyridine rings is 1. The molecule has 0 spiro atoms. The Balaban J connectivity index is 1.30. The van der Waals surface area contributed by atoms with Crippen LogP contribution < -0.4 is 0 Å². The zero-order chi connectivity index (χ0) is 35.1. The van der Waals surface area contributed by atoms with Gasteiger partial charge in [0.15, 0.2) is 0 Å². The molecular formula is C53H29N. The summed E-state index contributed by atoms with van der Waals surface area (Å²) in [6.45, 7) is 0. The number of hydrogen-bond donors (Lipinski definition) is 0. The Hall–Kier alpha value is -7.09. The molecule has 13 aromatic rings. The van der Waals surface area contributed by atoms with Gasteiger partial charge in [0.2, 0.25) is 0 Å². The number of fused-ring (bicyclic) bond motifs is 7. The van der Waals surface area contributed by atoms with Crippen molar-refractivity contribution in [1.82, 2.24) is 4.98 Å². The molecule has 0 saturated heterocycles. The van der Waals surface area contributed by atoms with Gasteiger partial charge in [0.1, 0.15) is 0 Å². The minimum absolute atomic E-state index is 0.996. The molecule has 1 heterocycles. The minimum Gasteiger partial charge on any atom is -0.256 e. The van der Waals surface area contributed by atoms with Gasteiger partial charge in [0.25, 0.3) is 0 Å². The summed E-state index contributed by atoms with van der Waals surface area (Å²) in [5, 5.41) is 23.7. The molecule has 0 aliphatic rings. The predicted molar refractivity (Wildman–Crippen MR) is 232 cm³/mol. The van der Waals surface area contributed by atoms with Crippen LogP contribution in [0.15, 0.2) is 176 Å². The van der Waals surface area contributed by atoms with Crippen molar-refractivity contribution in [1.29, 1.82) is 0 Å². The molecule has 0 unspecified atom stereocenters. The lowest BCUT2D eigenvalue weighted by molar-refractivity contribution is 1.33. The second-order valence-corrected chi connectivity index (χ2v) is 14.9. The highest BCUT2D eigenvalue weighted by Crippen LogP contribution is 2.54. The van der Waals surface area contributed by atoms with Crippen LogP contribution in [-0.2, 0) is 0 Å². The molecule has 1 heteroatoms. The van der Waals surface area contributed by atoms with Crippen molar-refractivity contribution in [2.24, 2.45) is 0 Å². The van der Waals surface area contributed by atoms with E-state index in [4.69, 9.17) is 4.98 Å². The van der Waals surface area contributed by atoms with Gasteiger partial charge in [-0.05, 0) is 150 Å². The maximum Gasteiger partial charge on any atom is 0.0708 e. The second kappa shape index (κ2) is 10.3. The van der Waals surface area contributed by atoms with Crippen LogP contribution in [0.3, 0.4) is 0 Å². The molecule has 0 atom stereocenters. The van der Waals surface area contributed by atoms with E-state index in [9.17, 15) is 0 Å². The highest BCUT2D eigenvalue weighted by Gasteiger charge is 2.26. The Morgan fingerprint density at radius 3 is 1.59 bits per heavy atom. The summed E-state index contributed by atoms with van der Waals surface area (Å²) >= 11 is 0. The van der Waals surface area contributed by atoms with Crippen molar-refractivity contribution in [3.8, 4) is 33.5 Å². The Kier molecular flexibility index (Phi) is 5.42. The van der Waals surface area contributed by atoms with Gasteiger partial charge in [-0.25, -0.2) is 0 Å². The van der Waals surface area contributed by atoms with E-state index in [0.29, 0.717) is 0 Å². The smallest absolute Gasteiger partial charge is 0.0708 e. The quantitative estimate of drug-likeness (QED) is 0.169. The summed E-state index contributed by atoms with van der Waals surface area (Å²) in [7, 11) is 0. The van der Waals surface area contributed by atoms with Crippen molar-refractivity contribution in [3.05, 3.63) is 176 Å². The molecule has 0 amide bonds. The lowest BCUT2D eigenvalue weighted by Crippen LogP contribution is -1.89. The maximum absolute atomic E-state index is 4.80. The maximum atomic E-state index is 4.80. The van der Waals surface area contributed by atoms with Crippen molar-refractivity contribution in [3.63, 3.8) is 0 Å². The third-order valence-corrected chi connectivity index (χ3v) is 12.3. The third kappa shape index (κ3) is 3.56. The van der Waals surface area contributed by atoms with Crippen LogP contribution in [0.5, 0.6) is 0 Å². The standard InChI is InChI=1S/C53H29N/c1-3-11-30(12-4-1)47-43-28-40-37-23-22-33-21-20-32-15-9-16-34-27-42(51(37)49(33)46(32)34)41(40)29-44(43)48(31-13-5-2-6-14-31)53-39-25-24-35(45-19-7-8-26-54-45)36-17-10-18-38(50(36)39)52(47)53/h1-29H. The molecule has 0 saturated carbocycles. The topological polar surface area (TPSA) is 12.9 Å². The van der Waals surface area contributed by atoms with E-state index < -0.39 is 0 Å². The first-order chi connectivity index (χ1) is 26.8. The van der Waals surface area contributed by atoms with E-state index in [1.54, 1.807) is 0 Å². The number of benzene rings is 10. The first-order valence-electron chi connectivity index (χ1n) is 18.8. The van der Waals surface area contributed by atoms with Crippen LogP contribution in [0.1, 0.15) is 0 Å². The van der Waals surface area contributed by atoms with E-state index in [1.165, 1.54) is 119 Å². The van der Waals surface area contributed by atoms with Crippen molar-refractivity contribution in [2.75, 3.05) is 0 Å². The van der Waals surface area contributed by atoms with E-state index in [0.717, 1.165) is 11.3 Å². The molecule has 0 N–H and O–H groups in total. The van der Waals surface area contributed by atoms with E-state index in [-0.39, 0.29) is 0 Å². The van der Waals surface area contributed by atoms with Gasteiger partial charge >= 0.3 is 0 Å². The van der Waals surface area contributed by atoms with Crippen molar-refractivity contribution in [2.45, 2.75) is 0 Å². The predicted octanol–water partition coefficient (Wildman–Crippen LogP) is 14.8. The van der Waals surface area contributed by atoms with Gasteiger partial charge in [0.05, 0.1) is 5.69 Å². The summed E-state index contributed by atoms with van der Waals surface area (Å²) in [4.78, 5) is 4.80. The molecule has 54 heavy (non-hydrogen) atoms. The van der Waals surface area contributed by atoms with E-state index >= 15 is 0 Å². The molecule has 0 bridgehead atoms. The average Bonchev–Trinajstić information content (AvgIpc) is 3.73. The zero-order valence-corrected chi connectivity index (χ0v) is 29.2. The summed E-state index contributed by atoms with van der Waals surface area (Å²) in [6, 6.07) is 63.4. The Bertz CT molecular complexity index is 3620. The molecule has 1 aromatic heterocycles. The molecule has 0 radical (unpaired) electrons. The molecule has 12 aromatic carbocycles. The summed E-state index contributed by atoms with van der Waals surface area (Å²) in [5.41, 5.74) is 7.23. The highest BCUT2D eigenvalue weighted by atomic mass is 14.7. The number of hydrogen-bond acceptors (Lipinski definition) is 1. The molecule has 13 rings (SSSR count). The monoisotopic (exact) mass is 679 g/mol. The normalized spacial score (nSPS) is 12.4. The van der Waals surface area contributed by atoms with E-state index in [2.05, 4.69) is 164 Å². The highest BCUT2D eigenvalue weighted by molar-refractivity contribution is 6.44. The second-order valence-electron chi connectivity index (χ2n) is 14.9. The molecular weight excluding hydrogens is 651 g/mol. The van der Waals surface area contributed by atoms with Gasteiger partial charge in [0, 0.05) is 11.8 Å². The van der Waals surface area contributed by atoms with Crippen LogP contribution in [-0.4, -0.2) is 4.98 Å². The van der Waals surface area contributed by atoms with Crippen LogP contribution in [0.25, 0.3) is 130 Å². The van der Waals surface area contributed by atoms with Gasteiger partial charge < -0.3 is 0 Å². The van der Waals surface area contributed by atoms with Crippen molar-refractivity contribution < 1.29 is 0 Å². The SMILES string of the molecule is c1ccc(-c2c3cc4c(cc3c(-c3ccccc3)c3c5ccc(-c6ccccn6)c6cccc(c23)c65)c2cc3cccc5ccc6ccc4c2c6c53)cc1. The zero-order valence-electron chi connectivity index (χ0n) is 29.2. The third-order valence-electron chi connectivity index (χ3n) is 12.3. The van der Waals surface area contributed by atoms with Crippen LogP contribution in [0, 0.1) is 0 Å². The first-order valence-corrected chi connectivity index (χ1v) is 18.8. The molecule has 0 fully saturated rings. The fraction of sp³-hybridized carbons (Fsp3) is 0. The minimum atomic E-state index is 0.996. The molecule has 246 valence electrons. The molecule has 1 nitrogen and oxygen atoms in total. The average molecular weight is 680 g/mol. The summed E-state index contributed by atoms with van der Waals surface area (Å²) in [5.74, 6) is 0. The Morgan fingerprint density at radius 1 is 0.278 bits per heavy atom. The largest absolute Gasteiger partial charge is 0.256 e. The fourth-order valence-corrected chi connectivity index (χ4v) is 10.2. The number of nitrogens with zero attached hydrogens (tertiary/aromatic N) is 1. The summed E-state index contributed by atoms with van der Waals surface area (Å²) in [6.07, 6.45) is 1.89. The van der Waals surface area contributed by atoms with Gasteiger partial charge in [-0.15, -0.1) is 0 Å². The Labute approximate surface area is 310 Å². The van der Waals surface area contributed by atoms with Gasteiger partial charge in [-0.3, -0.25) is 4.98 Å². The van der Waals surface area contributed by atoms with Crippen molar-refractivity contribution >= 4 is 97.0 Å². The molecule has 0 aliphatic heterocycles. The van der Waals surface area contributed by atoms with Crippen LogP contribution in [0.4, 0.5) is 0 Å².